The molecule has 0 saturated carbocycles. The SMILES string of the molecule is CCCNc1ncnc(Nc2ccc(Cl)c(Br)c2)c1C. The molecule has 0 aliphatic carbocycles. The summed E-state index contributed by atoms with van der Waals surface area (Å²) in [6.45, 7) is 5.00. The third kappa shape index (κ3) is 3.61. The Bertz CT molecular complexity index is 604. The third-order valence-corrected chi connectivity index (χ3v) is 4.02. The maximum atomic E-state index is 5.99. The summed E-state index contributed by atoms with van der Waals surface area (Å²) in [5.74, 6) is 1.64. The summed E-state index contributed by atoms with van der Waals surface area (Å²) < 4.78 is 0.847. The number of nitrogens with one attached hydrogen (secondary N) is 2. The van der Waals surface area contributed by atoms with Gasteiger partial charge in [0.2, 0.25) is 0 Å². The van der Waals surface area contributed by atoms with Gasteiger partial charge in [0.25, 0.3) is 0 Å². The fourth-order valence-electron chi connectivity index (χ4n) is 1.71. The van der Waals surface area contributed by atoms with Crippen molar-refractivity contribution in [3.63, 3.8) is 0 Å². The van der Waals surface area contributed by atoms with E-state index >= 15 is 0 Å². The van der Waals surface area contributed by atoms with Crippen molar-refractivity contribution in [1.29, 1.82) is 0 Å². The Kier molecular flexibility index (Phi) is 5.20. The van der Waals surface area contributed by atoms with Gasteiger partial charge in [-0.2, -0.15) is 0 Å². The predicted molar refractivity (Wildman–Crippen MR) is 88.0 cm³/mol. The van der Waals surface area contributed by atoms with E-state index in [0.29, 0.717) is 5.02 Å². The van der Waals surface area contributed by atoms with Gasteiger partial charge in [-0.1, -0.05) is 18.5 Å². The van der Waals surface area contributed by atoms with Crippen LogP contribution in [0.4, 0.5) is 17.3 Å². The Morgan fingerprint density at radius 1 is 1.25 bits per heavy atom. The smallest absolute Gasteiger partial charge is 0.138 e. The topological polar surface area (TPSA) is 49.8 Å². The molecule has 0 atom stereocenters. The summed E-state index contributed by atoms with van der Waals surface area (Å²) in [6, 6.07) is 5.66. The standard InChI is InChI=1S/C14H16BrClN4/c1-3-6-17-13-9(2)14(19-8-18-13)20-10-4-5-12(16)11(15)7-10/h4-5,7-8H,3,6H2,1-2H3,(H2,17,18,19,20). The van der Waals surface area contributed by atoms with Crippen molar-refractivity contribution in [2.24, 2.45) is 0 Å². The van der Waals surface area contributed by atoms with Gasteiger partial charge in [0.1, 0.15) is 18.0 Å². The molecule has 0 saturated heterocycles. The number of hydrogen-bond acceptors (Lipinski definition) is 4. The van der Waals surface area contributed by atoms with E-state index in [9.17, 15) is 0 Å². The Labute approximate surface area is 132 Å². The summed E-state index contributed by atoms with van der Waals surface area (Å²) in [5.41, 5.74) is 1.91. The average Bonchev–Trinajstić information content (AvgIpc) is 2.44. The lowest BCUT2D eigenvalue weighted by atomic mass is 10.2. The van der Waals surface area contributed by atoms with Crippen molar-refractivity contribution in [1.82, 2.24) is 9.97 Å². The number of aromatic nitrogens is 2. The van der Waals surface area contributed by atoms with Gasteiger partial charge in [-0.3, -0.25) is 0 Å². The van der Waals surface area contributed by atoms with E-state index in [4.69, 9.17) is 11.6 Å². The first-order valence-corrected chi connectivity index (χ1v) is 7.56. The quantitative estimate of drug-likeness (QED) is 0.811. The van der Waals surface area contributed by atoms with Crippen LogP contribution in [0.3, 0.4) is 0 Å². The second-order valence-electron chi connectivity index (χ2n) is 4.38. The molecule has 1 aromatic heterocycles. The summed E-state index contributed by atoms with van der Waals surface area (Å²) in [7, 11) is 0. The van der Waals surface area contributed by atoms with E-state index in [1.54, 1.807) is 6.33 Å². The van der Waals surface area contributed by atoms with Gasteiger partial charge in [0.05, 0.1) is 5.02 Å². The number of hydrogen-bond donors (Lipinski definition) is 2. The molecule has 106 valence electrons. The molecule has 0 aliphatic rings. The molecule has 2 aromatic rings. The maximum absolute atomic E-state index is 5.99. The summed E-state index contributed by atoms with van der Waals surface area (Å²) >= 11 is 9.40. The maximum Gasteiger partial charge on any atom is 0.138 e. The molecule has 20 heavy (non-hydrogen) atoms. The summed E-state index contributed by atoms with van der Waals surface area (Å²) in [5, 5.41) is 7.25. The first kappa shape index (κ1) is 15.1. The molecular formula is C14H16BrClN4. The fraction of sp³-hybridized carbons (Fsp3) is 0.286. The van der Waals surface area contributed by atoms with Crippen LogP contribution in [-0.4, -0.2) is 16.5 Å². The number of halogens is 2. The molecule has 2 N–H and O–H groups in total. The van der Waals surface area contributed by atoms with Gasteiger partial charge in [-0.25, -0.2) is 9.97 Å². The highest BCUT2D eigenvalue weighted by molar-refractivity contribution is 9.10. The predicted octanol–water partition coefficient (Wildman–Crippen LogP) is 4.77. The van der Waals surface area contributed by atoms with E-state index in [1.165, 1.54) is 0 Å². The number of benzene rings is 1. The van der Waals surface area contributed by atoms with E-state index < -0.39 is 0 Å². The van der Waals surface area contributed by atoms with Crippen molar-refractivity contribution < 1.29 is 0 Å². The minimum absolute atomic E-state index is 0.681. The molecule has 4 nitrogen and oxygen atoms in total. The molecule has 0 unspecified atom stereocenters. The molecule has 0 amide bonds. The highest BCUT2D eigenvalue weighted by Crippen LogP contribution is 2.28. The van der Waals surface area contributed by atoms with Gasteiger partial charge in [-0.05, 0) is 47.5 Å². The second-order valence-corrected chi connectivity index (χ2v) is 5.64. The van der Waals surface area contributed by atoms with Crippen LogP contribution >= 0.6 is 27.5 Å². The van der Waals surface area contributed by atoms with Crippen LogP contribution in [0, 0.1) is 6.92 Å². The number of rotatable bonds is 5. The van der Waals surface area contributed by atoms with Crippen molar-refractivity contribution >= 4 is 44.9 Å². The second kappa shape index (κ2) is 6.90. The zero-order valence-corrected chi connectivity index (χ0v) is 13.7. The van der Waals surface area contributed by atoms with Gasteiger partial charge in [0.15, 0.2) is 0 Å². The molecule has 0 radical (unpaired) electrons. The van der Waals surface area contributed by atoms with Crippen molar-refractivity contribution in [3.8, 4) is 0 Å². The molecule has 0 aliphatic heterocycles. The average molecular weight is 356 g/mol. The lowest BCUT2D eigenvalue weighted by Crippen LogP contribution is -2.06. The first-order chi connectivity index (χ1) is 9.61. The lowest BCUT2D eigenvalue weighted by molar-refractivity contribution is 0.960. The zero-order chi connectivity index (χ0) is 14.5. The highest BCUT2D eigenvalue weighted by atomic mass is 79.9. The van der Waals surface area contributed by atoms with Crippen LogP contribution in [0.15, 0.2) is 29.0 Å². The van der Waals surface area contributed by atoms with Crippen LogP contribution in [0.5, 0.6) is 0 Å². The normalized spacial score (nSPS) is 10.4. The Morgan fingerprint density at radius 2 is 2.00 bits per heavy atom. The molecule has 0 bridgehead atoms. The molecule has 6 heteroatoms. The summed E-state index contributed by atoms with van der Waals surface area (Å²) in [6.07, 6.45) is 2.61. The molecule has 2 rings (SSSR count). The van der Waals surface area contributed by atoms with E-state index in [0.717, 1.165) is 40.3 Å². The molecule has 1 heterocycles. The monoisotopic (exact) mass is 354 g/mol. The number of nitrogens with zero attached hydrogens (tertiary/aromatic N) is 2. The van der Waals surface area contributed by atoms with E-state index in [1.807, 2.05) is 25.1 Å². The van der Waals surface area contributed by atoms with Crippen LogP contribution in [-0.2, 0) is 0 Å². The Morgan fingerprint density at radius 3 is 2.70 bits per heavy atom. The third-order valence-electron chi connectivity index (χ3n) is 2.81. The van der Waals surface area contributed by atoms with Crippen LogP contribution in [0.1, 0.15) is 18.9 Å². The fourth-order valence-corrected chi connectivity index (χ4v) is 2.20. The lowest BCUT2D eigenvalue weighted by Gasteiger charge is -2.12. The van der Waals surface area contributed by atoms with Crippen LogP contribution < -0.4 is 10.6 Å². The molecule has 0 spiro atoms. The summed E-state index contributed by atoms with van der Waals surface area (Å²) in [4.78, 5) is 8.54. The number of anilines is 3. The van der Waals surface area contributed by atoms with Gasteiger partial charge in [-0.15, -0.1) is 0 Å². The van der Waals surface area contributed by atoms with Gasteiger partial charge < -0.3 is 10.6 Å². The Balaban J connectivity index is 2.22. The van der Waals surface area contributed by atoms with Crippen molar-refractivity contribution in [2.45, 2.75) is 20.3 Å². The minimum atomic E-state index is 0.681. The van der Waals surface area contributed by atoms with Crippen LogP contribution in [0.2, 0.25) is 5.02 Å². The highest BCUT2D eigenvalue weighted by Gasteiger charge is 2.07. The van der Waals surface area contributed by atoms with Crippen molar-refractivity contribution in [2.75, 3.05) is 17.2 Å². The molecule has 1 aromatic carbocycles. The molecular weight excluding hydrogens is 340 g/mol. The Hall–Kier alpha value is -1.33. The largest absolute Gasteiger partial charge is 0.370 e. The van der Waals surface area contributed by atoms with E-state index in [-0.39, 0.29) is 0 Å². The minimum Gasteiger partial charge on any atom is -0.370 e. The van der Waals surface area contributed by atoms with Crippen LogP contribution in [0.25, 0.3) is 0 Å². The van der Waals surface area contributed by atoms with E-state index in [2.05, 4.69) is 43.5 Å². The zero-order valence-electron chi connectivity index (χ0n) is 11.4. The van der Waals surface area contributed by atoms with Gasteiger partial charge >= 0.3 is 0 Å². The van der Waals surface area contributed by atoms with Gasteiger partial charge in [0, 0.05) is 22.3 Å². The molecule has 0 fully saturated rings. The van der Waals surface area contributed by atoms with Crippen molar-refractivity contribution in [3.05, 3.63) is 39.6 Å². The first-order valence-electron chi connectivity index (χ1n) is 6.39.